The Hall–Kier alpha value is -1.07. The third-order valence-electron chi connectivity index (χ3n) is 2.37. The van der Waals surface area contributed by atoms with Crippen molar-refractivity contribution in [1.29, 1.82) is 0 Å². The zero-order valence-corrected chi connectivity index (χ0v) is 11.5. The van der Waals surface area contributed by atoms with E-state index in [9.17, 15) is 9.90 Å². The number of hydrogen-bond acceptors (Lipinski definition) is 3. The SMILES string of the molecule is CCC(=O)NCC(O)c1ccc(OC)c(Br)c1. The normalized spacial score (nSPS) is 12.0. The summed E-state index contributed by atoms with van der Waals surface area (Å²) in [6.45, 7) is 1.98. The number of methoxy groups -OCH3 is 1. The van der Waals surface area contributed by atoms with Crippen LogP contribution in [0.5, 0.6) is 5.75 Å². The molecule has 1 unspecified atom stereocenters. The Morgan fingerprint density at radius 3 is 2.82 bits per heavy atom. The van der Waals surface area contributed by atoms with Gasteiger partial charge in [-0.1, -0.05) is 13.0 Å². The third kappa shape index (κ3) is 4.02. The van der Waals surface area contributed by atoms with Gasteiger partial charge in [0.1, 0.15) is 5.75 Å². The van der Waals surface area contributed by atoms with Crippen molar-refractivity contribution < 1.29 is 14.6 Å². The Balaban J connectivity index is 2.66. The Morgan fingerprint density at radius 1 is 1.59 bits per heavy atom. The van der Waals surface area contributed by atoms with E-state index in [0.717, 1.165) is 10.0 Å². The minimum absolute atomic E-state index is 0.0726. The van der Waals surface area contributed by atoms with Gasteiger partial charge in [-0.15, -0.1) is 0 Å². The van der Waals surface area contributed by atoms with Crippen molar-refractivity contribution in [2.24, 2.45) is 0 Å². The first-order chi connectivity index (χ1) is 8.08. The van der Waals surface area contributed by atoms with Crippen molar-refractivity contribution in [1.82, 2.24) is 5.32 Å². The molecule has 0 aliphatic heterocycles. The summed E-state index contributed by atoms with van der Waals surface area (Å²) < 4.78 is 5.87. The van der Waals surface area contributed by atoms with Crippen molar-refractivity contribution in [2.75, 3.05) is 13.7 Å². The average molecular weight is 302 g/mol. The lowest BCUT2D eigenvalue weighted by Gasteiger charge is -2.13. The Kier molecular flexibility index (Phi) is 5.44. The zero-order chi connectivity index (χ0) is 12.8. The van der Waals surface area contributed by atoms with Gasteiger partial charge in [-0.3, -0.25) is 4.79 Å². The second-order valence-corrected chi connectivity index (χ2v) is 4.42. The molecule has 0 aliphatic rings. The first kappa shape index (κ1) is 14.0. The fraction of sp³-hybridized carbons (Fsp3) is 0.417. The predicted octanol–water partition coefficient (Wildman–Crippen LogP) is 2.02. The van der Waals surface area contributed by atoms with Crippen LogP contribution in [0.1, 0.15) is 25.0 Å². The maximum atomic E-state index is 11.1. The molecular weight excluding hydrogens is 286 g/mol. The van der Waals surface area contributed by atoms with Crippen molar-refractivity contribution in [3.63, 3.8) is 0 Å². The Morgan fingerprint density at radius 2 is 2.29 bits per heavy atom. The molecule has 1 aromatic carbocycles. The van der Waals surface area contributed by atoms with Crippen LogP contribution in [0.15, 0.2) is 22.7 Å². The van der Waals surface area contributed by atoms with Gasteiger partial charge in [-0.2, -0.15) is 0 Å². The summed E-state index contributed by atoms with van der Waals surface area (Å²) in [5.74, 6) is 0.634. The van der Waals surface area contributed by atoms with Gasteiger partial charge in [0.25, 0.3) is 0 Å². The van der Waals surface area contributed by atoms with Crippen LogP contribution in [0.25, 0.3) is 0 Å². The van der Waals surface area contributed by atoms with Gasteiger partial charge in [-0.05, 0) is 33.6 Å². The van der Waals surface area contributed by atoms with Crippen LogP contribution >= 0.6 is 15.9 Å². The summed E-state index contributed by atoms with van der Waals surface area (Å²) in [4.78, 5) is 11.1. The summed E-state index contributed by atoms with van der Waals surface area (Å²) in [5, 5.41) is 12.5. The summed E-state index contributed by atoms with van der Waals surface area (Å²) in [6, 6.07) is 5.32. The molecule has 0 aliphatic carbocycles. The van der Waals surface area contributed by atoms with E-state index in [2.05, 4.69) is 21.2 Å². The van der Waals surface area contributed by atoms with Crippen LogP contribution in [-0.2, 0) is 4.79 Å². The van der Waals surface area contributed by atoms with Gasteiger partial charge in [0.15, 0.2) is 0 Å². The number of carbonyl (C=O) groups is 1. The molecule has 1 rings (SSSR count). The highest BCUT2D eigenvalue weighted by Gasteiger charge is 2.10. The molecule has 0 aromatic heterocycles. The smallest absolute Gasteiger partial charge is 0.219 e. The Bertz CT molecular complexity index is 395. The van der Waals surface area contributed by atoms with E-state index in [1.54, 1.807) is 32.2 Å². The second-order valence-electron chi connectivity index (χ2n) is 3.57. The first-order valence-electron chi connectivity index (χ1n) is 5.36. The molecule has 0 saturated heterocycles. The fourth-order valence-corrected chi connectivity index (χ4v) is 1.90. The van der Waals surface area contributed by atoms with Crippen molar-refractivity contribution in [3.8, 4) is 5.75 Å². The van der Waals surface area contributed by atoms with E-state index >= 15 is 0 Å². The molecule has 0 fully saturated rings. The number of aliphatic hydroxyl groups is 1. The van der Waals surface area contributed by atoms with E-state index in [1.807, 2.05) is 0 Å². The van der Waals surface area contributed by atoms with Crippen LogP contribution < -0.4 is 10.1 Å². The number of benzene rings is 1. The number of rotatable bonds is 5. The number of hydrogen-bond donors (Lipinski definition) is 2. The maximum Gasteiger partial charge on any atom is 0.219 e. The molecule has 0 spiro atoms. The highest BCUT2D eigenvalue weighted by molar-refractivity contribution is 9.10. The quantitative estimate of drug-likeness (QED) is 0.875. The molecule has 0 bridgehead atoms. The first-order valence-corrected chi connectivity index (χ1v) is 6.16. The number of ether oxygens (including phenoxy) is 1. The molecule has 1 atom stereocenters. The lowest BCUT2D eigenvalue weighted by atomic mass is 10.1. The largest absolute Gasteiger partial charge is 0.496 e. The standard InChI is InChI=1S/C12H16BrNO3/c1-3-12(16)14-7-10(15)8-4-5-11(17-2)9(13)6-8/h4-6,10,15H,3,7H2,1-2H3,(H,14,16). The van der Waals surface area contributed by atoms with Gasteiger partial charge < -0.3 is 15.2 Å². The summed E-state index contributed by atoms with van der Waals surface area (Å²) in [7, 11) is 1.58. The van der Waals surface area contributed by atoms with Crippen molar-refractivity contribution in [2.45, 2.75) is 19.4 Å². The minimum atomic E-state index is -0.715. The molecule has 1 aromatic rings. The molecule has 5 heteroatoms. The molecular formula is C12H16BrNO3. The topological polar surface area (TPSA) is 58.6 Å². The number of aliphatic hydroxyl groups excluding tert-OH is 1. The van der Waals surface area contributed by atoms with Gasteiger partial charge in [0.05, 0.1) is 17.7 Å². The van der Waals surface area contributed by atoms with Gasteiger partial charge in [-0.25, -0.2) is 0 Å². The van der Waals surface area contributed by atoms with Gasteiger partial charge in [0, 0.05) is 13.0 Å². The highest BCUT2D eigenvalue weighted by atomic mass is 79.9. The van der Waals surface area contributed by atoms with Crippen LogP contribution in [0.4, 0.5) is 0 Å². The molecule has 0 saturated carbocycles. The van der Waals surface area contributed by atoms with Crippen LogP contribution in [-0.4, -0.2) is 24.7 Å². The number of amides is 1. The van der Waals surface area contributed by atoms with E-state index in [4.69, 9.17) is 4.74 Å². The number of halogens is 1. The highest BCUT2D eigenvalue weighted by Crippen LogP contribution is 2.27. The lowest BCUT2D eigenvalue weighted by molar-refractivity contribution is -0.121. The van der Waals surface area contributed by atoms with Crippen LogP contribution in [0.2, 0.25) is 0 Å². The van der Waals surface area contributed by atoms with Crippen LogP contribution in [0.3, 0.4) is 0 Å². The van der Waals surface area contributed by atoms with Crippen LogP contribution in [0, 0.1) is 0 Å². The predicted molar refractivity (Wildman–Crippen MR) is 69.0 cm³/mol. The molecule has 1 amide bonds. The van der Waals surface area contributed by atoms with Crippen molar-refractivity contribution in [3.05, 3.63) is 28.2 Å². The number of carbonyl (C=O) groups excluding carboxylic acids is 1. The molecule has 0 radical (unpaired) electrons. The van der Waals surface area contributed by atoms with E-state index in [-0.39, 0.29) is 12.5 Å². The molecule has 2 N–H and O–H groups in total. The van der Waals surface area contributed by atoms with E-state index < -0.39 is 6.10 Å². The maximum absolute atomic E-state index is 11.1. The molecule has 17 heavy (non-hydrogen) atoms. The minimum Gasteiger partial charge on any atom is -0.496 e. The van der Waals surface area contributed by atoms with Crippen molar-refractivity contribution >= 4 is 21.8 Å². The second kappa shape index (κ2) is 6.61. The number of nitrogens with one attached hydrogen (secondary N) is 1. The molecule has 0 heterocycles. The van der Waals surface area contributed by atoms with Gasteiger partial charge in [0.2, 0.25) is 5.91 Å². The van der Waals surface area contributed by atoms with E-state index in [1.165, 1.54) is 0 Å². The van der Waals surface area contributed by atoms with Gasteiger partial charge >= 0.3 is 0 Å². The molecule has 94 valence electrons. The fourth-order valence-electron chi connectivity index (χ4n) is 1.34. The summed E-state index contributed by atoms with van der Waals surface area (Å²) >= 11 is 3.35. The molecule has 4 nitrogen and oxygen atoms in total. The summed E-state index contributed by atoms with van der Waals surface area (Å²) in [6.07, 6.45) is -0.299. The Labute approximate surface area is 109 Å². The van der Waals surface area contributed by atoms with E-state index in [0.29, 0.717) is 12.2 Å². The monoisotopic (exact) mass is 301 g/mol. The zero-order valence-electron chi connectivity index (χ0n) is 9.87. The third-order valence-corrected chi connectivity index (χ3v) is 2.99. The average Bonchev–Trinajstić information content (AvgIpc) is 2.35. The lowest BCUT2D eigenvalue weighted by Crippen LogP contribution is -2.27. The summed E-state index contributed by atoms with van der Waals surface area (Å²) in [5.41, 5.74) is 0.731.